The van der Waals surface area contributed by atoms with Crippen LogP contribution in [0.1, 0.15) is 51.9 Å². The fraction of sp³-hybridized carbons (Fsp3) is 0.867. The lowest BCUT2D eigenvalue weighted by Crippen LogP contribution is -2.48. The van der Waals surface area contributed by atoms with E-state index in [2.05, 4.69) is 0 Å². The molecule has 0 spiro atoms. The highest BCUT2D eigenvalue weighted by molar-refractivity contribution is 5.87. The number of rotatable bonds is 6. The molecule has 0 unspecified atom stereocenters. The van der Waals surface area contributed by atoms with Gasteiger partial charge in [-0.2, -0.15) is 0 Å². The Hall–Kier alpha value is -1.10. The fourth-order valence-corrected chi connectivity index (χ4v) is 2.78. The van der Waals surface area contributed by atoms with E-state index in [0.29, 0.717) is 12.5 Å². The summed E-state index contributed by atoms with van der Waals surface area (Å²) in [5, 5.41) is 0. The number of nitrogens with zero attached hydrogens (tertiary/aromatic N) is 2. The lowest BCUT2D eigenvalue weighted by molar-refractivity contribution is -0.140. The van der Waals surface area contributed by atoms with Gasteiger partial charge < -0.3 is 15.5 Å². The van der Waals surface area contributed by atoms with Gasteiger partial charge in [0.25, 0.3) is 0 Å². The van der Waals surface area contributed by atoms with Crippen LogP contribution in [0.3, 0.4) is 0 Å². The smallest absolute Gasteiger partial charge is 0.242 e. The Kier molecular flexibility index (Phi) is 6.99. The van der Waals surface area contributed by atoms with Crippen LogP contribution < -0.4 is 5.73 Å². The SMILES string of the molecule is CCC[C@@H](N)C(=O)N(C)CC(=O)N(C)C1CCCCC1. The van der Waals surface area contributed by atoms with Crippen LogP contribution in [0.2, 0.25) is 0 Å². The van der Waals surface area contributed by atoms with Gasteiger partial charge in [0.2, 0.25) is 11.8 Å². The lowest BCUT2D eigenvalue weighted by Gasteiger charge is -2.32. The molecular formula is C15H29N3O2. The van der Waals surface area contributed by atoms with Gasteiger partial charge in [0.1, 0.15) is 0 Å². The number of hydrogen-bond acceptors (Lipinski definition) is 3. The molecular weight excluding hydrogens is 254 g/mol. The van der Waals surface area contributed by atoms with Crippen molar-refractivity contribution in [1.82, 2.24) is 9.80 Å². The first-order valence-corrected chi connectivity index (χ1v) is 7.73. The topological polar surface area (TPSA) is 66.6 Å². The zero-order valence-corrected chi connectivity index (χ0v) is 13.1. The molecule has 0 aromatic rings. The van der Waals surface area contributed by atoms with Gasteiger partial charge in [0, 0.05) is 20.1 Å². The van der Waals surface area contributed by atoms with Gasteiger partial charge in [-0.15, -0.1) is 0 Å². The van der Waals surface area contributed by atoms with Gasteiger partial charge in [0.05, 0.1) is 12.6 Å². The molecule has 0 aliphatic heterocycles. The van der Waals surface area contributed by atoms with E-state index in [4.69, 9.17) is 5.73 Å². The monoisotopic (exact) mass is 283 g/mol. The van der Waals surface area contributed by atoms with Crippen molar-refractivity contribution in [3.8, 4) is 0 Å². The Morgan fingerprint density at radius 3 is 2.35 bits per heavy atom. The van der Waals surface area contributed by atoms with Crippen molar-refractivity contribution in [2.24, 2.45) is 5.73 Å². The van der Waals surface area contributed by atoms with Crippen LogP contribution in [0.5, 0.6) is 0 Å². The molecule has 0 bridgehead atoms. The first kappa shape index (κ1) is 17.0. The number of amides is 2. The molecule has 0 heterocycles. The third kappa shape index (κ3) is 4.78. The molecule has 0 aromatic heterocycles. The molecule has 1 atom stereocenters. The fourth-order valence-electron chi connectivity index (χ4n) is 2.78. The average Bonchev–Trinajstić information content (AvgIpc) is 2.46. The first-order chi connectivity index (χ1) is 9.47. The van der Waals surface area contributed by atoms with Crippen molar-refractivity contribution in [3.63, 3.8) is 0 Å². The third-order valence-corrected chi connectivity index (χ3v) is 4.18. The minimum atomic E-state index is -0.488. The maximum atomic E-state index is 12.2. The summed E-state index contributed by atoms with van der Waals surface area (Å²) in [6, 6.07) is -0.151. The summed E-state index contributed by atoms with van der Waals surface area (Å²) < 4.78 is 0. The first-order valence-electron chi connectivity index (χ1n) is 7.73. The molecule has 1 saturated carbocycles. The van der Waals surface area contributed by atoms with E-state index >= 15 is 0 Å². The van der Waals surface area contributed by atoms with Crippen molar-refractivity contribution in [3.05, 3.63) is 0 Å². The van der Waals surface area contributed by atoms with Gasteiger partial charge in [-0.1, -0.05) is 32.6 Å². The van der Waals surface area contributed by atoms with Gasteiger partial charge in [-0.25, -0.2) is 0 Å². The van der Waals surface area contributed by atoms with Gasteiger partial charge in [0.15, 0.2) is 0 Å². The Bertz CT molecular complexity index is 327. The standard InChI is InChI=1S/C15H29N3O2/c1-4-8-13(16)15(20)17(2)11-14(19)18(3)12-9-6-5-7-10-12/h12-13H,4-11,16H2,1-3H3/t13-/m1/s1. The predicted octanol–water partition coefficient (Wildman–Crippen LogP) is 1.36. The number of hydrogen-bond donors (Lipinski definition) is 1. The van der Waals surface area contributed by atoms with Crippen LogP contribution in [0.15, 0.2) is 0 Å². The van der Waals surface area contributed by atoms with Crippen molar-refractivity contribution >= 4 is 11.8 Å². The van der Waals surface area contributed by atoms with Crippen LogP contribution in [-0.2, 0) is 9.59 Å². The Morgan fingerprint density at radius 2 is 1.80 bits per heavy atom. The van der Waals surface area contributed by atoms with E-state index in [1.807, 2.05) is 18.9 Å². The van der Waals surface area contributed by atoms with Crippen molar-refractivity contribution < 1.29 is 9.59 Å². The zero-order chi connectivity index (χ0) is 15.1. The van der Waals surface area contributed by atoms with E-state index in [0.717, 1.165) is 19.3 Å². The number of carbonyl (C=O) groups excluding carboxylic acids is 2. The predicted molar refractivity (Wildman–Crippen MR) is 80.2 cm³/mol. The summed E-state index contributed by atoms with van der Waals surface area (Å²) in [7, 11) is 3.51. The second-order valence-corrected chi connectivity index (χ2v) is 5.89. The molecule has 2 N–H and O–H groups in total. The minimum absolute atomic E-state index is 0.0106. The van der Waals surface area contributed by atoms with Crippen molar-refractivity contribution in [2.75, 3.05) is 20.6 Å². The largest absolute Gasteiger partial charge is 0.341 e. The molecule has 2 amide bonds. The molecule has 1 aliphatic carbocycles. The maximum Gasteiger partial charge on any atom is 0.242 e. The molecule has 20 heavy (non-hydrogen) atoms. The summed E-state index contributed by atoms with van der Waals surface area (Å²) in [5.74, 6) is -0.131. The number of likely N-dealkylation sites (N-methyl/N-ethyl adjacent to an activating group) is 2. The van der Waals surface area contributed by atoms with Crippen molar-refractivity contribution in [1.29, 1.82) is 0 Å². The second kappa shape index (κ2) is 8.25. The highest BCUT2D eigenvalue weighted by Gasteiger charge is 2.25. The molecule has 1 rings (SSSR count). The van der Waals surface area contributed by atoms with E-state index < -0.39 is 6.04 Å². The molecule has 0 saturated heterocycles. The number of carbonyl (C=O) groups is 2. The highest BCUT2D eigenvalue weighted by atomic mass is 16.2. The van der Waals surface area contributed by atoms with Gasteiger partial charge >= 0.3 is 0 Å². The molecule has 1 aliphatic rings. The summed E-state index contributed by atoms with van der Waals surface area (Å²) in [6.07, 6.45) is 7.34. The second-order valence-electron chi connectivity index (χ2n) is 5.89. The Balaban J connectivity index is 2.45. The van der Waals surface area contributed by atoms with E-state index in [1.54, 1.807) is 7.05 Å². The van der Waals surface area contributed by atoms with Gasteiger partial charge in [-0.3, -0.25) is 9.59 Å². The summed E-state index contributed by atoms with van der Waals surface area (Å²) in [6.45, 7) is 2.12. The van der Waals surface area contributed by atoms with E-state index in [-0.39, 0.29) is 18.4 Å². The van der Waals surface area contributed by atoms with Crippen LogP contribution >= 0.6 is 0 Å². The normalized spacial score (nSPS) is 17.6. The Labute approximate surface area is 122 Å². The van der Waals surface area contributed by atoms with Crippen LogP contribution in [-0.4, -0.2) is 54.3 Å². The van der Waals surface area contributed by atoms with Crippen LogP contribution in [0.4, 0.5) is 0 Å². The number of nitrogens with two attached hydrogens (primary N) is 1. The van der Waals surface area contributed by atoms with E-state index in [9.17, 15) is 9.59 Å². The quantitative estimate of drug-likeness (QED) is 0.800. The molecule has 5 nitrogen and oxygen atoms in total. The molecule has 5 heteroatoms. The van der Waals surface area contributed by atoms with Crippen molar-refractivity contribution in [2.45, 2.75) is 64.0 Å². The summed E-state index contributed by atoms with van der Waals surface area (Å²) in [5.41, 5.74) is 5.81. The van der Waals surface area contributed by atoms with E-state index in [1.165, 1.54) is 24.2 Å². The lowest BCUT2D eigenvalue weighted by atomic mass is 9.94. The third-order valence-electron chi connectivity index (χ3n) is 4.18. The van der Waals surface area contributed by atoms with Crippen LogP contribution in [0.25, 0.3) is 0 Å². The molecule has 1 fully saturated rings. The van der Waals surface area contributed by atoms with Gasteiger partial charge in [-0.05, 0) is 19.3 Å². The zero-order valence-electron chi connectivity index (χ0n) is 13.1. The Morgan fingerprint density at radius 1 is 1.20 bits per heavy atom. The average molecular weight is 283 g/mol. The minimum Gasteiger partial charge on any atom is -0.341 e. The summed E-state index contributed by atoms with van der Waals surface area (Å²) >= 11 is 0. The molecule has 0 aromatic carbocycles. The highest BCUT2D eigenvalue weighted by Crippen LogP contribution is 2.21. The maximum absolute atomic E-state index is 12.2. The molecule has 0 radical (unpaired) electrons. The molecule has 116 valence electrons. The van der Waals surface area contributed by atoms with Crippen LogP contribution in [0, 0.1) is 0 Å². The summed E-state index contributed by atoms with van der Waals surface area (Å²) in [4.78, 5) is 27.5.